The van der Waals surface area contributed by atoms with Crippen molar-refractivity contribution in [1.29, 1.82) is 10.5 Å². The van der Waals surface area contributed by atoms with Crippen molar-refractivity contribution in [3.05, 3.63) is 0 Å². The summed E-state index contributed by atoms with van der Waals surface area (Å²) in [5.41, 5.74) is 0. The second-order valence-corrected chi connectivity index (χ2v) is 8.15. The maximum absolute atomic E-state index is 12.9. The predicted octanol–water partition coefficient (Wildman–Crippen LogP) is 1.51. The summed E-state index contributed by atoms with van der Waals surface area (Å²) in [4.78, 5) is 18.9. The first-order chi connectivity index (χ1) is 12.0. The van der Waals surface area contributed by atoms with Crippen molar-refractivity contribution in [3.63, 3.8) is 0 Å². The molecule has 0 spiro atoms. The summed E-state index contributed by atoms with van der Waals surface area (Å²) in [6.45, 7) is 9.05. The van der Waals surface area contributed by atoms with Crippen molar-refractivity contribution >= 4 is 5.91 Å². The van der Waals surface area contributed by atoms with Crippen molar-refractivity contribution in [2.45, 2.75) is 39.2 Å². The number of rotatable bonds is 3. The second kappa shape index (κ2) is 7.62. The van der Waals surface area contributed by atoms with Crippen LogP contribution in [0, 0.1) is 46.5 Å². The minimum absolute atomic E-state index is 0.150. The summed E-state index contributed by atoms with van der Waals surface area (Å²) < 4.78 is 0. The highest BCUT2D eigenvalue weighted by atomic mass is 16.2. The number of carbonyl (C=O) groups is 1. The summed E-state index contributed by atoms with van der Waals surface area (Å²) in [6.07, 6.45) is 5.38. The number of amides is 1. The van der Waals surface area contributed by atoms with E-state index in [1.165, 1.54) is 0 Å². The van der Waals surface area contributed by atoms with Crippen LogP contribution in [-0.4, -0.2) is 65.9 Å². The molecule has 3 aliphatic rings. The van der Waals surface area contributed by atoms with Gasteiger partial charge in [-0.1, -0.05) is 13.8 Å². The van der Waals surface area contributed by atoms with Crippen molar-refractivity contribution in [3.8, 4) is 12.3 Å². The fourth-order valence-electron chi connectivity index (χ4n) is 4.81. The molecule has 0 bridgehead atoms. The molecular weight excluding hydrogens is 314 g/mol. The lowest BCUT2D eigenvalue weighted by molar-refractivity contribution is -0.145. The van der Waals surface area contributed by atoms with Crippen LogP contribution in [0.1, 0.15) is 33.1 Å². The van der Waals surface area contributed by atoms with E-state index >= 15 is 0 Å². The van der Waals surface area contributed by atoms with E-state index in [0.717, 1.165) is 52.0 Å². The second-order valence-electron chi connectivity index (χ2n) is 8.15. The zero-order valence-corrected chi connectivity index (χ0v) is 15.4. The number of piperazine rings is 2. The molecule has 0 N–H and O–H groups in total. The smallest absolute Gasteiger partial charge is 0.241 e. The fraction of sp³-hybridized carbons (Fsp3) is 0.842. The van der Waals surface area contributed by atoms with Gasteiger partial charge in [0.15, 0.2) is 6.19 Å². The molecule has 4 unspecified atom stereocenters. The molecule has 5 atom stereocenters. The molecule has 2 saturated heterocycles. The van der Waals surface area contributed by atoms with Crippen molar-refractivity contribution in [2.75, 3.05) is 39.3 Å². The zero-order valence-electron chi connectivity index (χ0n) is 15.4. The van der Waals surface area contributed by atoms with Gasteiger partial charge >= 0.3 is 0 Å². The molecule has 2 heterocycles. The third-order valence-corrected chi connectivity index (χ3v) is 6.58. The molecule has 1 saturated carbocycles. The Morgan fingerprint density at radius 2 is 1.96 bits per heavy atom. The van der Waals surface area contributed by atoms with Gasteiger partial charge in [-0.05, 0) is 37.0 Å². The molecule has 0 radical (unpaired) electrons. The molecule has 6 nitrogen and oxygen atoms in total. The molecule has 0 aromatic rings. The Kier molecular flexibility index (Phi) is 5.49. The standard InChI is InChI=1S/C19H29N5O/c1-14-9-16(3-4-17(14)10-20)15(2)11-24-8-7-23-6-5-22(13-21)12-18(23)19(24)25/h14-18H,3-9,11-12H2,1-2H3/t14?,15?,16?,17?,18-/m1/s1. The topological polar surface area (TPSA) is 74.4 Å². The predicted molar refractivity (Wildman–Crippen MR) is 93.9 cm³/mol. The van der Waals surface area contributed by atoms with Gasteiger partial charge in [0.25, 0.3) is 0 Å². The molecule has 3 rings (SSSR count). The van der Waals surface area contributed by atoms with E-state index in [2.05, 4.69) is 31.0 Å². The number of hydrogen-bond acceptors (Lipinski definition) is 5. The van der Waals surface area contributed by atoms with Crippen LogP contribution in [0.3, 0.4) is 0 Å². The first kappa shape index (κ1) is 18.0. The number of fused-ring (bicyclic) bond motifs is 1. The van der Waals surface area contributed by atoms with Gasteiger partial charge < -0.3 is 9.80 Å². The fourth-order valence-corrected chi connectivity index (χ4v) is 4.81. The number of carbonyl (C=O) groups excluding carboxylic acids is 1. The first-order valence-electron chi connectivity index (χ1n) is 9.60. The Labute approximate surface area is 151 Å². The lowest BCUT2D eigenvalue weighted by Gasteiger charge is -2.46. The van der Waals surface area contributed by atoms with E-state index in [-0.39, 0.29) is 17.9 Å². The van der Waals surface area contributed by atoms with Gasteiger partial charge in [0, 0.05) is 38.6 Å². The van der Waals surface area contributed by atoms with Gasteiger partial charge in [-0.2, -0.15) is 10.5 Å². The van der Waals surface area contributed by atoms with Gasteiger partial charge in [-0.15, -0.1) is 0 Å². The van der Waals surface area contributed by atoms with Gasteiger partial charge in [0.05, 0.1) is 12.6 Å². The van der Waals surface area contributed by atoms with E-state index in [1.54, 1.807) is 4.90 Å². The Morgan fingerprint density at radius 3 is 2.64 bits per heavy atom. The van der Waals surface area contributed by atoms with E-state index in [1.807, 2.05) is 4.90 Å². The molecule has 25 heavy (non-hydrogen) atoms. The quantitative estimate of drug-likeness (QED) is 0.726. The average molecular weight is 343 g/mol. The van der Waals surface area contributed by atoms with Crippen LogP contribution in [0.4, 0.5) is 0 Å². The number of nitrogens with zero attached hydrogens (tertiary/aromatic N) is 5. The lowest BCUT2D eigenvalue weighted by atomic mass is 9.71. The largest absolute Gasteiger partial charge is 0.340 e. The average Bonchev–Trinajstić information content (AvgIpc) is 2.63. The van der Waals surface area contributed by atoms with Crippen LogP contribution >= 0.6 is 0 Å². The monoisotopic (exact) mass is 343 g/mol. The van der Waals surface area contributed by atoms with Crippen LogP contribution in [0.5, 0.6) is 0 Å². The Bertz CT molecular complexity index is 579. The molecular formula is C19H29N5O. The van der Waals surface area contributed by atoms with Crippen LogP contribution in [-0.2, 0) is 4.79 Å². The van der Waals surface area contributed by atoms with Gasteiger partial charge in [-0.3, -0.25) is 9.69 Å². The van der Waals surface area contributed by atoms with E-state index in [4.69, 9.17) is 5.26 Å². The maximum atomic E-state index is 12.9. The third kappa shape index (κ3) is 3.75. The van der Waals surface area contributed by atoms with E-state index in [0.29, 0.717) is 24.3 Å². The molecule has 2 aliphatic heterocycles. The highest BCUT2D eigenvalue weighted by Crippen LogP contribution is 2.37. The first-order valence-corrected chi connectivity index (χ1v) is 9.60. The third-order valence-electron chi connectivity index (χ3n) is 6.58. The SMILES string of the molecule is CC1CC(C(C)CN2CCN3CCN(C#N)C[C@@H]3C2=O)CCC1C#N. The zero-order chi connectivity index (χ0) is 18.0. The van der Waals surface area contributed by atoms with Gasteiger partial charge in [-0.25, -0.2) is 0 Å². The lowest BCUT2D eigenvalue weighted by Crippen LogP contribution is -2.64. The Morgan fingerprint density at radius 1 is 1.20 bits per heavy atom. The number of nitriles is 2. The van der Waals surface area contributed by atoms with Crippen LogP contribution < -0.4 is 0 Å². The van der Waals surface area contributed by atoms with Crippen LogP contribution in [0.15, 0.2) is 0 Å². The molecule has 0 aromatic carbocycles. The Hall–Kier alpha value is -1.79. The minimum atomic E-state index is -0.150. The molecule has 0 aromatic heterocycles. The summed E-state index contributed by atoms with van der Waals surface area (Å²) >= 11 is 0. The van der Waals surface area contributed by atoms with Crippen LogP contribution in [0.25, 0.3) is 0 Å². The van der Waals surface area contributed by atoms with Crippen molar-refractivity contribution in [1.82, 2.24) is 14.7 Å². The van der Waals surface area contributed by atoms with Gasteiger partial charge in [0.1, 0.15) is 6.04 Å². The summed E-state index contributed by atoms with van der Waals surface area (Å²) in [7, 11) is 0. The summed E-state index contributed by atoms with van der Waals surface area (Å²) in [5, 5.41) is 18.3. The highest BCUT2D eigenvalue weighted by molar-refractivity contribution is 5.83. The maximum Gasteiger partial charge on any atom is 0.241 e. The Balaban J connectivity index is 1.57. The molecule has 1 amide bonds. The van der Waals surface area contributed by atoms with Crippen molar-refractivity contribution < 1.29 is 4.79 Å². The molecule has 3 fully saturated rings. The molecule has 6 heteroatoms. The normalized spacial score (nSPS) is 34.8. The van der Waals surface area contributed by atoms with E-state index in [9.17, 15) is 10.1 Å². The summed E-state index contributed by atoms with van der Waals surface area (Å²) in [6, 6.07) is 2.29. The molecule has 136 valence electrons. The minimum Gasteiger partial charge on any atom is -0.340 e. The van der Waals surface area contributed by atoms with Crippen LogP contribution in [0.2, 0.25) is 0 Å². The highest BCUT2D eigenvalue weighted by Gasteiger charge is 2.39. The van der Waals surface area contributed by atoms with Crippen molar-refractivity contribution in [2.24, 2.45) is 23.7 Å². The molecule has 1 aliphatic carbocycles. The number of hydrogen-bond donors (Lipinski definition) is 0. The van der Waals surface area contributed by atoms with Gasteiger partial charge in [0.2, 0.25) is 5.91 Å². The van der Waals surface area contributed by atoms with E-state index < -0.39 is 0 Å². The summed E-state index contributed by atoms with van der Waals surface area (Å²) in [5.74, 6) is 1.92.